The second-order valence-corrected chi connectivity index (χ2v) is 5.40. The fraction of sp³-hybridized carbons (Fsp3) is 0.400. The number of hydrazone groups is 1. The lowest BCUT2D eigenvalue weighted by Crippen LogP contribution is -2.25. The van der Waals surface area contributed by atoms with Gasteiger partial charge in [0.1, 0.15) is 0 Å². The number of nitrogens with zero attached hydrogens (tertiary/aromatic N) is 1. The standard InChI is InChI=1S/C15H20N4/c16-12-4-1-10(2-5-12)15-14-8-7-13(17)6-3-11(14)9-18-19-15/h1-2,4-5,9,13-14,18H,3,6-8,16-17H2. The van der Waals surface area contributed by atoms with E-state index in [0.29, 0.717) is 12.0 Å². The van der Waals surface area contributed by atoms with E-state index < -0.39 is 0 Å². The van der Waals surface area contributed by atoms with Gasteiger partial charge in [0.05, 0.1) is 5.71 Å². The quantitative estimate of drug-likeness (QED) is 0.672. The Morgan fingerprint density at radius 3 is 2.68 bits per heavy atom. The molecule has 4 nitrogen and oxygen atoms in total. The molecule has 100 valence electrons. The molecule has 4 heteroatoms. The van der Waals surface area contributed by atoms with Crippen molar-refractivity contribution in [1.82, 2.24) is 5.43 Å². The molecule has 3 rings (SSSR count). The van der Waals surface area contributed by atoms with E-state index in [-0.39, 0.29) is 0 Å². The third kappa shape index (κ3) is 2.49. The van der Waals surface area contributed by atoms with Gasteiger partial charge >= 0.3 is 0 Å². The number of nitrogen functional groups attached to an aromatic ring is 1. The molecular weight excluding hydrogens is 236 g/mol. The maximum atomic E-state index is 6.09. The van der Waals surface area contributed by atoms with Gasteiger partial charge in [-0.15, -0.1) is 0 Å². The molecule has 1 aromatic carbocycles. The van der Waals surface area contributed by atoms with Gasteiger partial charge in [-0.1, -0.05) is 12.1 Å². The summed E-state index contributed by atoms with van der Waals surface area (Å²) in [6, 6.07) is 8.27. The van der Waals surface area contributed by atoms with E-state index >= 15 is 0 Å². The number of allylic oxidation sites excluding steroid dienone is 1. The van der Waals surface area contributed by atoms with E-state index in [1.807, 2.05) is 30.5 Å². The monoisotopic (exact) mass is 256 g/mol. The van der Waals surface area contributed by atoms with Crippen LogP contribution in [0.2, 0.25) is 0 Å². The molecule has 1 aliphatic carbocycles. The fourth-order valence-corrected chi connectivity index (χ4v) is 2.90. The zero-order valence-corrected chi connectivity index (χ0v) is 11.0. The van der Waals surface area contributed by atoms with Gasteiger partial charge in [0.25, 0.3) is 0 Å². The molecule has 0 saturated heterocycles. The third-order valence-corrected chi connectivity index (χ3v) is 4.05. The average molecular weight is 256 g/mol. The van der Waals surface area contributed by atoms with Crippen LogP contribution in [0.15, 0.2) is 41.1 Å². The summed E-state index contributed by atoms with van der Waals surface area (Å²) >= 11 is 0. The lowest BCUT2D eigenvalue weighted by Gasteiger charge is -2.24. The largest absolute Gasteiger partial charge is 0.399 e. The van der Waals surface area contributed by atoms with Crippen molar-refractivity contribution >= 4 is 11.4 Å². The van der Waals surface area contributed by atoms with Crippen molar-refractivity contribution in [3.8, 4) is 0 Å². The second-order valence-electron chi connectivity index (χ2n) is 5.40. The van der Waals surface area contributed by atoms with E-state index in [9.17, 15) is 0 Å². The van der Waals surface area contributed by atoms with Crippen molar-refractivity contribution in [3.05, 3.63) is 41.6 Å². The number of anilines is 1. The summed E-state index contributed by atoms with van der Waals surface area (Å²) in [7, 11) is 0. The maximum Gasteiger partial charge on any atom is 0.0751 e. The van der Waals surface area contributed by atoms with Crippen LogP contribution >= 0.6 is 0 Å². The van der Waals surface area contributed by atoms with Crippen molar-refractivity contribution in [3.63, 3.8) is 0 Å². The number of rotatable bonds is 1. The number of nitrogens with two attached hydrogens (primary N) is 2. The molecule has 1 aromatic rings. The van der Waals surface area contributed by atoms with Gasteiger partial charge < -0.3 is 11.5 Å². The minimum absolute atomic E-state index is 0.319. The molecule has 1 heterocycles. The molecule has 0 aromatic heterocycles. The van der Waals surface area contributed by atoms with Gasteiger partial charge in [0.2, 0.25) is 0 Å². The molecule has 1 aliphatic heterocycles. The molecular formula is C15H20N4. The van der Waals surface area contributed by atoms with Gasteiger partial charge in [-0.2, -0.15) is 5.10 Å². The molecule has 2 atom stereocenters. The topological polar surface area (TPSA) is 76.4 Å². The lowest BCUT2D eigenvalue weighted by molar-refractivity contribution is 0.571. The van der Waals surface area contributed by atoms with Gasteiger partial charge in [-0.3, -0.25) is 5.43 Å². The van der Waals surface area contributed by atoms with E-state index in [2.05, 4.69) is 10.5 Å². The van der Waals surface area contributed by atoms with Crippen LogP contribution in [0.1, 0.15) is 31.2 Å². The highest BCUT2D eigenvalue weighted by Crippen LogP contribution is 2.32. The van der Waals surface area contributed by atoms with Crippen molar-refractivity contribution in [2.75, 3.05) is 5.73 Å². The molecule has 0 amide bonds. The summed E-state index contributed by atoms with van der Waals surface area (Å²) < 4.78 is 0. The summed E-state index contributed by atoms with van der Waals surface area (Å²) in [6.45, 7) is 0. The van der Waals surface area contributed by atoms with E-state index in [1.54, 1.807) is 0 Å². The molecule has 0 spiro atoms. The van der Waals surface area contributed by atoms with Gasteiger partial charge in [0.15, 0.2) is 0 Å². The molecule has 0 radical (unpaired) electrons. The Labute approximate surface area is 113 Å². The Hall–Kier alpha value is -1.81. The number of hydrogen-bond acceptors (Lipinski definition) is 4. The summed E-state index contributed by atoms with van der Waals surface area (Å²) in [5, 5.41) is 4.49. The first kappa shape index (κ1) is 12.2. The van der Waals surface area contributed by atoms with Gasteiger partial charge in [-0.25, -0.2) is 0 Å². The Morgan fingerprint density at radius 1 is 1.11 bits per heavy atom. The van der Waals surface area contributed by atoms with Crippen molar-refractivity contribution in [2.45, 2.75) is 31.7 Å². The number of hydrogen-bond donors (Lipinski definition) is 3. The van der Waals surface area contributed by atoms with Crippen molar-refractivity contribution in [2.24, 2.45) is 16.8 Å². The summed E-state index contributed by atoms with van der Waals surface area (Å²) in [6.07, 6.45) is 6.32. The van der Waals surface area contributed by atoms with Crippen LogP contribution in [0.25, 0.3) is 0 Å². The van der Waals surface area contributed by atoms with Crippen LogP contribution in [-0.4, -0.2) is 11.8 Å². The van der Waals surface area contributed by atoms with Gasteiger partial charge in [-0.05, 0) is 49.0 Å². The highest BCUT2D eigenvalue weighted by atomic mass is 15.3. The van der Waals surface area contributed by atoms with E-state index in [0.717, 1.165) is 42.6 Å². The average Bonchev–Trinajstić information content (AvgIpc) is 2.62. The first-order valence-electron chi connectivity index (χ1n) is 6.87. The molecule has 5 N–H and O–H groups in total. The highest BCUT2D eigenvalue weighted by Gasteiger charge is 2.28. The number of benzene rings is 1. The first-order chi connectivity index (χ1) is 9.24. The Morgan fingerprint density at radius 2 is 1.89 bits per heavy atom. The minimum atomic E-state index is 0.319. The van der Waals surface area contributed by atoms with Crippen molar-refractivity contribution in [1.29, 1.82) is 0 Å². The predicted octanol–water partition coefficient (Wildman–Crippen LogP) is 1.98. The lowest BCUT2D eigenvalue weighted by atomic mass is 9.86. The number of nitrogens with one attached hydrogen (secondary N) is 1. The van der Waals surface area contributed by atoms with Crippen LogP contribution in [0, 0.1) is 5.92 Å². The molecule has 1 saturated carbocycles. The van der Waals surface area contributed by atoms with E-state index in [4.69, 9.17) is 11.5 Å². The molecule has 2 aliphatic rings. The van der Waals surface area contributed by atoms with E-state index in [1.165, 1.54) is 5.57 Å². The summed E-state index contributed by atoms with van der Waals surface area (Å²) in [5.41, 5.74) is 19.4. The normalized spacial score (nSPS) is 26.6. The number of fused-ring (bicyclic) bond motifs is 1. The minimum Gasteiger partial charge on any atom is -0.399 e. The maximum absolute atomic E-state index is 6.09. The van der Waals surface area contributed by atoms with Crippen LogP contribution < -0.4 is 16.9 Å². The first-order valence-corrected chi connectivity index (χ1v) is 6.87. The summed E-state index contributed by atoms with van der Waals surface area (Å²) in [4.78, 5) is 0. The second kappa shape index (κ2) is 5.05. The molecule has 0 bridgehead atoms. The Kier molecular flexibility index (Phi) is 3.25. The molecule has 19 heavy (non-hydrogen) atoms. The SMILES string of the molecule is Nc1ccc(C2=NNC=C3CCC(N)CCC32)cc1. The van der Waals surface area contributed by atoms with Gasteiger partial charge in [0, 0.05) is 23.8 Å². The van der Waals surface area contributed by atoms with Crippen LogP contribution in [0.3, 0.4) is 0 Å². The smallest absolute Gasteiger partial charge is 0.0751 e. The van der Waals surface area contributed by atoms with Crippen molar-refractivity contribution < 1.29 is 0 Å². The predicted molar refractivity (Wildman–Crippen MR) is 78.5 cm³/mol. The molecule has 2 unspecified atom stereocenters. The zero-order chi connectivity index (χ0) is 13.2. The Balaban J connectivity index is 1.89. The summed E-state index contributed by atoms with van der Waals surface area (Å²) in [5.74, 6) is 0.401. The Bertz CT molecular complexity index is 515. The molecule has 1 fully saturated rings. The van der Waals surface area contributed by atoms with Crippen LogP contribution in [-0.2, 0) is 0 Å². The zero-order valence-electron chi connectivity index (χ0n) is 11.0. The van der Waals surface area contributed by atoms with Crippen LogP contribution in [0.4, 0.5) is 5.69 Å². The highest BCUT2D eigenvalue weighted by molar-refractivity contribution is 6.04. The fourth-order valence-electron chi connectivity index (χ4n) is 2.90. The van der Waals surface area contributed by atoms with Crippen LogP contribution in [0.5, 0.6) is 0 Å². The third-order valence-electron chi connectivity index (χ3n) is 4.05.